The number of amides is 2. The SMILES string of the molecule is O=C(NCc1ccccc1)N1CCN(Cc2noc(-c3cccc(F)c3)n2)CC1. The average molecular weight is 395 g/mol. The highest BCUT2D eigenvalue weighted by molar-refractivity contribution is 5.74. The fourth-order valence-electron chi connectivity index (χ4n) is 3.25. The molecule has 1 aromatic heterocycles. The lowest BCUT2D eigenvalue weighted by atomic mass is 10.2. The Morgan fingerprint density at radius 3 is 2.62 bits per heavy atom. The predicted molar refractivity (Wildman–Crippen MR) is 105 cm³/mol. The first-order valence-corrected chi connectivity index (χ1v) is 9.55. The molecule has 29 heavy (non-hydrogen) atoms. The zero-order valence-corrected chi connectivity index (χ0v) is 15.9. The van der Waals surface area contributed by atoms with Gasteiger partial charge in [0.2, 0.25) is 0 Å². The summed E-state index contributed by atoms with van der Waals surface area (Å²) in [7, 11) is 0. The minimum absolute atomic E-state index is 0.0542. The first-order valence-electron chi connectivity index (χ1n) is 9.55. The van der Waals surface area contributed by atoms with Crippen molar-refractivity contribution in [1.82, 2.24) is 25.3 Å². The number of urea groups is 1. The number of aromatic nitrogens is 2. The van der Waals surface area contributed by atoms with E-state index < -0.39 is 0 Å². The van der Waals surface area contributed by atoms with Crippen LogP contribution in [0.5, 0.6) is 0 Å². The molecule has 1 aliphatic rings. The molecule has 8 heteroatoms. The zero-order valence-electron chi connectivity index (χ0n) is 15.9. The highest BCUT2D eigenvalue weighted by Gasteiger charge is 2.22. The Balaban J connectivity index is 1.25. The number of piperazine rings is 1. The third-order valence-electron chi connectivity index (χ3n) is 4.85. The Morgan fingerprint density at radius 1 is 1.07 bits per heavy atom. The summed E-state index contributed by atoms with van der Waals surface area (Å²) in [5.74, 6) is 0.508. The first-order chi connectivity index (χ1) is 14.2. The zero-order chi connectivity index (χ0) is 20.1. The van der Waals surface area contributed by atoms with Crippen molar-refractivity contribution in [2.75, 3.05) is 26.2 Å². The molecule has 2 heterocycles. The van der Waals surface area contributed by atoms with E-state index in [4.69, 9.17) is 4.52 Å². The fourth-order valence-corrected chi connectivity index (χ4v) is 3.25. The molecular weight excluding hydrogens is 373 g/mol. The first kappa shape index (κ1) is 19.1. The lowest BCUT2D eigenvalue weighted by Crippen LogP contribution is -2.51. The number of benzene rings is 2. The van der Waals surface area contributed by atoms with Crippen LogP contribution in [0.2, 0.25) is 0 Å². The number of halogens is 1. The number of carbonyl (C=O) groups excluding carboxylic acids is 1. The maximum atomic E-state index is 13.4. The summed E-state index contributed by atoms with van der Waals surface area (Å²) >= 11 is 0. The van der Waals surface area contributed by atoms with Crippen LogP contribution in [-0.4, -0.2) is 52.2 Å². The van der Waals surface area contributed by atoms with Gasteiger partial charge in [-0.15, -0.1) is 0 Å². The van der Waals surface area contributed by atoms with Crippen LogP contribution in [0.15, 0.2) is 59.1 Å². The molecule has 0 saturated carbocycles. The van der Waals surface area contributed by atoms with Gasteiger partial charge in [-0.2, -0.15) is 4.98 Å². The third-order valence-corrected chi connectivity index (χ3v) is 4.85. The second-order valence-electron chi connectivity index (χ2n) is 6.93. The molecule has 1 saturated heterocycles. The van der Waals surface area contributed by atoms with E-state index in [-0.39, 0.29) is 11.8 Å². The average Bonchev–Trinajstić information content (AvgIpc) is 3.22. The monoisotopic (exact) mass is 395 g/mol. The summed E-state index contributed by atoms with van der Waals surface area (Å²) in [4.78, 5) is 20.7. The summed E-state index contributed by atoms with van der Waals surface area (Å²) in [5, 5.41) is 6.95. The smallest absolute Gasteiger partial charge is 0.317 e. The second kappa shape index (κ2) is 8.83. The number of carbonyl (C=O) groups is 1. The summed E-state index contributed by atoms with van der Waals surface area (Å²) in [6, 6.07) is 15.9. The Labute approximate surface area is 168 Å². The highest BCUT2D eigenvalue weighted by atomic mass is 19.1. The van der Waals surface area contributed by atoms with Crippen LogP contribution in [0.25, 0.3) is 11.5 Å². The van der Waals surface area contributed by atoms with Gasteiger partial charge in [0, 0.05) is 38.3 Å². The van der Waals surface area contributed by atoms with E-state index in [1.54, 1.807) is 12.1 Å². The molecule has 0 atom stereocenters. The van der Waals surface area contributed by atoms with Crippen molar-refractivity contribution in [2.45, 2.75) is 13.1 Å². The van der Waals surface area contributed by atoms with Crippen LogP contribution in [-0.2, 0) is 13.1 Å². The molecule has 1 N–H and O–H groups in total. The Bertz CT molecular complexity index is 954. The predicted octanol–water partition coefficient (Wildman–Crippen LogP) is 2.90. The molecule has 0 bridgehead atoms. The number of hydrogen-bond donors (Lipinski definition) is 1. The second-order valence-corrected chi connectivity index (χ2v) is 6.93. The van der Waals surface area contributed by atoms with Crippen LogP contribution in [0.4, 0.5) is 9.18 Å². The van der Waals surface area contributed by atoms with Crippen molar-refractivity contribution >= 4 is 6.03 Å². The van der Waals surface area contributed by atoms with Crippen molar-refractivity contribution in [3.63, 3.8) is 0 Å². The van der Waals surface area contributed by atoms with Gasteiger partial charge in [0.25, 0.3) is 5.89 Å². The van der Waals surface area contributed by atoms with Gasteiger partial charge in [0.05, 0.1) is 6.54 Å². The van der Waals surface area contributed by atoms with Crippen molar-refractivity contribution in [3.8, 4) is 11.5 Å². The minimum Gasteiger partial charge on any atom is -0.334 e. The molecular formula is C21H22FN5O2. The van der Waals surface area contributed by atoms with Gasteiger partial charge < -0.3 is 14.7 Å². The molecule has 3 aromatic rings. The minimum atomic E-state index is -0.344. The van der Waals surface area contributed by atoms with Crippen LogP contribution >= 0.6 is 0 Å². The van der Waals surface area contributed by atoms with E-state index >= 15 is 0 Å². The number of rotatable bonds is 5. The van der Waals surface area contributed by atoms with Crippen LogP contribution in [0, 0.1) is 5.82 Å². The van der Waals surface area contributed by atoms with Gasteiger partial charge in [0.1, 0.15) is 5.82 Å². The maximum absolute atomic E-state index is 13.4. The van der Waals surface area contributed by atoms with Gasteiger partial charge in [-0.05, 0) is 23.8 Å². The summed E-state index contributed by atoms with van der Waals surface area (Å²) < 4.78 is 18.6. The lowest BCUT2D eigenvalue weighted by Gasteiger charge is -2.34. The molecule has 0 aliphatic carbocycles. The summed E-state index contributed by atoms with van der Waals surface area (Å²) in [6.07, 6.45) is 0. The molecule has 0 radical (unpaired) electrons. The standard InChI is InChI=1S/C21H22FN5O2/c22-18-8-4-7-17(13-18)20-24-19(25-29-20)15-26-9-11-27(12-10-26)21(28)23-14-16-5-2-1-3-6-16/h1-8,13H,9-12,14-15H2,(H,23,28). The van der Waals surface area contributed by atoms with E-state index in [0.29, 0.717) is 43.5 Å². The molecule has 7 nitrogen and oxygen atoms in total. The highest BCUT2D eigenvalue weighted by Crippen LogP contribution is 2.18. The van der Waals surface area contributed by atoms with Crippen LogP contribution in [0.1, 0.15) is 11.4 Å². The van der Waals surface area contributed by atoms with Crippen molar-refractivity contribution in [2.24, 2.45) is 0 Å². The largest absolute Gasteiger partial charge is 0.334 e. The third kappa shape index (κ3) is 4.97. The molecule has 1 fully saturated rings. The lowest BCUT2D eigenvalue weighted by molar-refractivity contribution is 0.132. The number of hydrogen-bond acceptors (Lipinski definition) is 5. The van der Waals surface area contributed by atoms with E-state index in [9.17, 15) is 9.18 Å². The Hall–Kier alpha value is -3.26. The van der Waals surface area contributed by atoms with Gasteiger partial charge >= 0.3 is 6.03 Å². The molecule has 150 valence electrons. The quantitative estimate of drug-likeness (QED) is 0.719. The Morgan fingerprint density at radius 2 is 1.86 bits per heavy atom. The van der Waals surface area contributed by atoms with E-state index in [2.05, 4.69) is 20.4 Å². The van der Waals surface area contributed by atoms with Gasteiger partial charge in [-0.3, -0.25) is 4.90 Å². The van der Waals surface area contributed by atoms with Crippen LogP contribution in [0.3, 0.4) is 0 Å². The fraction of sp³-hybridized carbons (Fsp3) is 0.286. The molecule has 2 aromatic carbocycles. The van der Waals surface area contributed by atoms with Gasteiger partial charge in [-0.25, -0.2) is 9.18 Å². The van der Waals surface area contributed by atoms with Gasteiger partial charge in [-0.1, -0.05) is 41.6 Å². The van der Waals surface area contributed by atoms with E-state index in [0.717, 1.165) is 18.7 Å². The Kier molecular flexibility index (Phi) is 5.81. The topological polar surface area (TPSA) is 74.5 Å². The molecule has 1 aliphatic heterocycles. The molecule has 4 rings (SSSR count). The van der Waals surface area contributed by atoms with Crippen molar-refractivity contribution in [3.05, 3.63) is 71.8 Å². The molecule has 0 unspecified atom stereocenters. The molecule has 2 amide bonds. The summed E-state index contributed by atoms with van der Waals surface area (Å²) in [6.45, 7) is 3.76. The van der Waals surface area contributed by atoms with Crippen molar-refractivity contribution < 1.29 is 13.7 Å². The molecule has 0 spiro atoms. The number of nitrogens with zero attached hydrogens (tertiary/aromatic N) is 4. The summed E-state index contributed by atoms with van der Waals surface area (Å²) in [5.41, 5.74) is 1.63. The van der Waals surface area contributed by atoms with Crippen molar-refractivity contribution in [1.29, 1.82) is 0 Å². The maximum Gasteiger partial charge on any atom is 0.317 e. The number of nitrogens with one attached hydrogen (secondary N) is 1. The van der Waals surface area contributed by atoms with E-state index in [1.807, 2.05) is 35.2 Å². The van der Waals surface area contributed by atoms with E-state index in [1.165, 1.54) is 12.1 Å². The van der Waals surface area contributed by atoms with Gasteiger partial charge in [0.15, 0.2) is 5.82 Å². The van der Waals surface area contributed by atoms with Crippen LogP contribution < -0.4 is 5.32 Å². The normalized spacial score (nSPS) is 14.7.